The van der Waals surface area contributed by atoms with E-state index in [2.05, 4.69) is 0 Å². The van der Waals surface area contributed by atoms with E-state index in [9.17, 15) is 14.4 Å². The quantitative estimate of drug-likeness (QED) is 0.390. The summed E-state index contributed by atoms with van der Waals surface area (Å²) < 4.78 is 20.0. The lowest BCUT2D eigenvalue weighted by Gasteiger charge is -2.18. The zero-order valence-corrected chi connectivity index (χ0v) is 16.4. The van der Waals surface area contributed by atoms with Crippen molar-refractivity contribution in [2.24, 2.45) is 0 Å². The van der Waals surface area contributed by atoms with Crippen LogP contribution in [0.2, 0.25) is 0 Å². The van der Waals surface area contributed by atoms with Gasteiger partial charge in [-0.05, 0) is 49.2 Å². The third-order valence-corrected chi connectivity index (χ3v) is 4.16. The average Bonchev–Trinajstić information content (AvgIpc) is 2.70. The maximum absolute atomic E-state index is 12.6. The second kappa shape index (κ2) is 9.73. The van der Waals surface area contributed by atoms with Gasteiger partial charge in [-0.3, -0.25) is 4.79 Å². The van der Waals surface area contributed by atoms with Gasteiger partial charge in [0.25, 0.3) is 6.10 Å². The Balaban J connectivity index is 2.20. The molecule has 0 aliphatic heterocycles. The van der Waals surface area contributed by atoms with Gasteiger partial charge in [0, 0.05) is 0 Å². The number of methoxy groups -OCH3 is 1. The summed E-state index contributed by atoms with van der Waals surface area (Å²) in [4.78, 5) is 36.5. The molecule has 0 radical (unpaired) electrons. The number of rotatable bonds is 8. The van der Waals surface area contributed by atoms with Crippen molar-refractivity contribution < 1.29 is 33.3 Å². The van der Waals surface area contributed by atoms with Gasteiger partial charge in [0.15, 0.2) is 0 Å². The van der Waals surface area contributed by atoms with Crippen molar-refractivity contribution in [3.8, 4) is 5.75 Å². The van der Waals surface area contributed by atoms with E-state index in [-0.39, 0.29) is 13.2 Å². The zero-order valence-electron chi connectivity index (χ0n) is 16.4. The fourth-order valence-corrected chi connectivity index (χ4v) is 2.62. The van der Waals surface area contributed by atoms with E-state index in [0.29, 0.717) is 5.56 Å². The minimum absolute atomic E-state index is 0.0516. The van der Waals surface area contributed by atoms with Crippen LogP contribution in [0.3, 0.4) is 0 Å². The number of carbonyl (C=O) groups excluding carboxylic acids is 3. The van der Waals surface area contributed by atoms with Gasteiger partial charge in [-0.2, -0.15) is 0 Å². The summed E-state index contributed by atoms with van der Waals surface area (Å²) in [6, 6.07) is 11.1. The van der Waals surface area contributed by atoms with E-state index in [1.54, 1.807) is 33.9 Å². The lowest BCUT2D eigenvalue weighted by atomic mass is 9.97. The number of carbonyl (C=O) groups is 3. The summed E-state index contributed by atoms with van der Waals surface area (Å²) in [6.45, 7) is 4.93. The molecule has 0 aliphatic rings. The lowest BCUT2D eigenvalue weighted by molar-refractivity contribution is -0.180. The molecule has 0 saturated heterocycles. The van der Waals surface area contributed by atoms with Crippen molar-refractivity contribution in [1.82, 2.24) is 0 Å². The van der Waals surface area contributed by atoms with Crippen LogP contribution < -0.4 is 4.74 Å². The fraction of sp³-hybridized carbons (Fsp3) is 0.381. The standard InChI is InChI=1S/C21H24O7/c1-5-26-20(23)18(21(24)27-6-2)28-19(22)13(3)14-7-8-16-12-17(25-4)10-9-15(16)11-14/h7-13,18H,5-6H2,1-4H3/t13-/m0/s1. The molecule has 2 aromatic rings. The molecule has 7 nitrogen and oxygen atoms in total. The number of esters is 3. The molecule has 0 saturated carbocycles. The van der Waals surface area contributed by atoms with Crippen LogP contribution in [0.1, 0.15) is 32.3 Å². The molecular formula is C21H24O7. The summed E-state index contributed by atoms with van der Waals surface area (Å²) in [5, 5.41) is 1.88. The smallest absolute Gasteiger partial charge is 0.359 e. The van der Waals surface area contributed by atoms with Crippen LogP contribution in [0.15, 0.2) is 36.4 Å². The Bertz CT molecular complexity index is 841. The van der Waals surface area contributed by atoms with Crippen LogP contribution in [0, 0.1) is 0 Å². The molecule has 0 spiro atoms. The first kappa shape index (κ1) is 21.2. The second-order valence-electron chi connectivity index (χ2n) is 6.02. The Morgan fingerprint density at radius 1 is 0.857 bits per heavy atom. The number of hydrogen-bond acceptors (Lipinski definition) is 7. The highest BCUT2D eigenvalue weighted by Crippen LogP contribution is 2.26. The van der Waals surface area contributed by atoms with E-state index >= 15 is 0 Å². The van der Waals surface area contributed by atoms with Crippen molar-refractivity contribution in [3.63, 3.8) is 0 Å². The van der Waals surface area contributed by atoms with Crippen LogP contribution in [-0.2, 0) is 28.6 Å². The second-order valence-corrected chi connectivity index (χ2v) is 6.02. The Labute approximate surface area is 163 Å². The van der Waals surface area contributed by atoms with E-state index < -0.39 is 29.9 Å². The molecule has 0 fully saturated rings. The van der Waals surface area contributed by atoms with Crippen LogP contribution in [-0.4, -0.2) is 44.3 Å². The Morgan fingerprint density at radius 3 is 2.00 bits per heavy atom. The van der Waals surface area contributed by atoms with Crippen LogP contribution in [0.5, 0.6) is 5.75 Å². The normalized spacial score (nSPS) is 11.8. The Kier molecular flexibility index (Phi) is 7.37. The van der Waals surface area contributed by atoms with Crippen molar-refractivity contribution in [3.05, 3.63) is 42.0 Å². The van der Waals surface area contributed by atoms with Gasteiger partial charge in [-0.15, -0.1) is 0 Å². The van der Waals surface area contributed by atoms with E-state index in [0.717, 1.165) is 16.5 Å². The molecule has 0 unspecified atom stereocenters. The number of hydrogen-bond donors (Lipinski definition) is 0. The van der Waals surface area contributed by atoms with E-state index in [4.69, 9.17) is 18.9 Å². The largest absolute Gasteiger partial charge is 0.497 e. The molecule has 0 heterocycles. The topological polar surface area (TPSA) is 88.1 Å². The minimum Gasteiger partial charge on any atom is -0.497 e. The van der Waals surface area contributed by atoms with Crippen LogP contribution in [0.25, 0.3) is 10.8 Å². The first-order chi connectivity index (χ1) is 13.4. The van der Waals surface area contributed by atoms with Crippen molar-refractivity contribution >= 4 is 28.7 Å². The zero-order chi connectivity index (χ0) is 20.7. The van der Waals surface area contributed by atoms with Gasteiger partial charge in [0.2, 0.25) is 0 Å². The predicted molar refractivity (Wildman–Crippen MR) is 102 cm³/mol. The molecule has 0 aromatic heterocycles. The third-order valence-electron chi connectivity index (χ3n) is 4.16. The number of benzene rings is 2. The summed E-state index contributed by atoms with van der Waals surface area (Å²) in [6.07, 6.45) is -1.74. The Hall–Kier alpha value is -3.09. The van der Waals surface area contributed by atoms with Gasteiger partial charge in [-0.25, -0.2) is 9.59 Å². The Morgan fingerprint density at radius 2 is 1.43 bits per heavy atom. The van der Waals surface area contributed by atoms with Crippen molar-refractivity contribution in [2.45, 2.75) is 32.8 Å². The fourth-order valence-electron chi connectivity index (χ4n) is 2.62. The van der Waals surface area contributed by atoms with Gasteiger partial charge < -0.3 is 18.9 Å². The third kappa shape index (κ3) is 5.00. The summed E-state index contributed by atoms with van der Waals surface area (Å²) in [5.41, 5.74) is 0.689. The van der Waals surface area contributed by atoms with Crippen LogP contribution >= 0.6 is 0 Å². The highest BCUT2D eigenvalue weighted by Gasteiger charge is 2.35. The molecule has 0 N–H and O–H groups in total. The van der Waals surface area contributed by atoms with Gasteiger partial charge in [0.1, 0.15) is 5.75 Å². The van der Waals surface area contributed by atoms with Gasteiger partial charge in [-0.1, -0.05) is 24.3 Å². The SMILES string of the molecule is CCOC(=O)C(OC(=O)[C@@H](C)c1ccc2cc(OC)ccc2c1)C(=O)OCC. The predicted octanol–water partition coefficient (Wildman–Crippen LogP) is 2.99. The lowest BCUT2D eigenvalue weighted by Crippen LogP contribution is -2.38. The molecule has 150 valence electrons. The van der Waals surface area contributed by atoms with Gasteiger partial charge >= 0.3 is 17.9 Å². The first-order valence-electron chi connectivity index (χ1n) is 9.02. The first-order valence-corrected chi connectivity index (χ1v) is 9.02. The molecular weight excluding hydrogens is 364 g/mol. The number of fused-ring (bicyclic) bond motifs is 1. The monoisotopic (exact) mass is 388 g/mol. The van der Waals surface area contributed by atoms with Crippen molar-refractivity contribution in [2.75, 3.05) is 20.3 Å². The summed E-state index contributed by atoms with van der Waals surface area (Å²) >= 11 is 0. The number of ether oxygens (including phenoxy) is 4. The molecule has 2 rings (SSSR count). The maximum atomic E-state index is 12.6. The van der Waals surface area contributed by atoms with Crippen molar-refractivity contribution in [1.29, 1.82) is 0 Å². The summed E-state index contributed by atoms with van der Waals surface area (Å²) in [5.74, 6) is -2.59. The average molecular weight is 388 g/mol. The molecule has 2 aromatic carbocycles. The van der Waals surface area contributed by atoms with E-state index in [1.165, 1.54) is 0 Å². The maximum Gasteiger partial charge on any atom is 0.359 e. The van der Waals surface area contributed by atoms with Gasteiger partial charge in [0.05, 0.1) is 26.2 Å². The molecule has 0 amide bonds. The molecule has 7 heteroatoms. The van der Waals surface area contributed by atoms with Crippen LogP contribution in [0.4, 0.5) is 0 Å². The molecule has 0 aliphatic carbocycles. The molecule has 0 bridgehead atoms. The van der Waals surface area contributed by atoms with E-state index in [1.807, 2.05) is 30.3 Å². The highest BCUT2D eigenvalue weighted by atomic mass is 16.6. The summed E-state index contributed by atoms with van der Waals surface area (Å²) in [7, 11) is 1.59. The molecule has 1 atom stereocenters. The molecule has 28 heavy (non-hydrogen) atoms. The minimum atomic E-state index is -1.74. The highest BCUT2D eigenvalue weighted by molar-refractivity contribution is 6.00.